The lowest BCUT2D eigenvalue weighted by molar-refractivity contribution is -0.167. The van der Waals surface area contributed by atoms with Crippen LogP contribution in [0.25, 0.3) is 0 Å². The summed E-state index contributed by atoms with van der Waals surface area (Å²) in [5.74, 6) is -0.893. The van der Waals surface area contributed by atoms with Gasteiger partial charge in [-0.05, 0) is 122 Å². The van der Waals surface area contributed by atoms with E-state index >= 15 is 0 Å². The standard InChI is InChI=1S/C73H126O6/c1-4-7-10-13-16-19-22-25-27-28-29-30-31-32-33-34-35-36-37-38-39-40-41-42-43-44-46-48-51-54-57-60-63-66-72(75)78-69-70(68-77-71(74)65-62-59-56-53-50-47-24-21-18-15-12-9-6-3)79-73(76)67-64-61-58-55-52-49-45-26-23-20-17-14-11-8-5-2/h7,10,16-17,19-21,24-27,29-30,32-33,45,70H,4-6,8-9,11-15,18,22-23,28,31,34-44,46-69H2,1-3H3/b10-7-,19-16-,20-17-,24-21-,27-25-,30-29-,33-32-,45-26-. The monoisotopic (exact) mass is 1100 g/mol. The van der Waals surface area contributed by atoms with Gasteiger partial charge in [0.05, 0.1) is 0 Å². The number of carbonyl (C=O) groups is 3. The molecule has 0 N–H and O–H groups in total. The smallest absolute Gasteiger partial charge is 0.306 e. The maximum Gasteiger partial charge on any atom is 0.306 e. The van der Waals surface area contributed by atoms with Crippen LogP contribution in [0.5, 0.6) is 0 Å². The van der Waals surface area contributed by atoms with Gasteiger partial charge in [-0.1, -0.05) is 285 Å². The zero-order chi connectivity index (χ0) is 57.1. The number of unbranched alkanes of at least 4 members (excludes halogenated alkanes) is 34. The number of esters is 3. The van der Waals surface area contributed by atoms with Crippen molar-refractivity contribution in [2.75, 3.05) is 13.2 Å². The van der Waals surface area contributed by atoms with Gasteiger partial charge in [0.1, 0.15) is 13.2 Å². The van der Waals surface area contributed by atoms with Crippen molar-refractivity contribution in [3.05, 3.63) is 97.2 Å². The fourth-order valence-corrected chi connectivity index (χ4v) is 9.50. The Bertz CT molecular complexity index is 1540. The van der Waals surface area contributed by atoms with E-state index in [1.54, 1.807) is 0 Å². The Morgan fingerprint density at radius 3 is 0.810 bits per heavy atom. The first kappa shape index (κ1) is 75.3. The average molecular weight is 1100 g/mol. The highest BCUT2D eigenvalue weighted by molar-refractivity contribution is 5.71. The summed E-state index contributed by atoms with van der Waals surface area (Å²) in [6.07, 6.45) is 90.0. The molecule has 0 radical (unpaired) electrons. The van der Waals surface area contributed by atoms with Gasteiger partial charge in [-0.15, -0.1) is 0 Å². The quantitative estimate of drug-likeness (QED) is 0.0261. The predicted octanol–water partition coefficient (Wildman–Crippen LogP) is 23.2. The summed E-state index contributed by atoms with van der Waals surface area (Å²) in [5.41, 5.74) is 0. The Hall–Kier alpha value is -3.67. The SMILES string of the molecule is CC/C=C\C/C=C\C/C=C\C/C=C\C/C=C\CCCCCCCCCCCCCCCCCCCC(=O)OCC(COC(=O)CCCCCCC/C=C\CCCCCC)OC(=O)CCCCCCC/C=C\C/C=C\CCCCC. The first-order valence-electron chi connectivity index (χ1n) is 33.7. The van der Waals surface area contributed by atoms with Crippen molar-refractivity contribution in [2.24, 2.45) is 0 Å². The second-order valence-corrected chi connectivity index (χ2v) is 22.3. The first-order valence-corrected chi connectivity index (χ1v) is 33.7. The molecule has 0 bridgehead atoms. The molecular formula is C73H126O6. The van der Waals surface area contributed by atoms with Crippen LogP contribution in [0.2, 0.25) is 0 Å². The molecule has 0 aromatic rings. The number of rotatable bonds is 61. The highest BCUT2D eigenvalue weighted by atomic mass is 16.6. The van der Waals surface area contributed by atoms with Crippen LogP contribution in [0, 0.1) is 0 Å². The first-order chi connectivity index (χ1) is 39.0. The van der Waals surface area contributed by atoms with Crippen LogP contribution in [0.3, 0.4) is 0 Å². The Morgan fingerprint density at radius 1 is 0.266 bits per heavy atom. The predicted molar refractivity (Wildman–Crippen MR) is 344 cm³/mol. The minimum Gasteiger partial charge on any atom is -0.462 e. The molecule has 6 nitrogen and oxygen atoms in total. The molecule has 0 aliphatic rings. The van der Waals surface area contributed by atoms with Crippen LogP contribution >= 0.6 is 0 Å². The third-order valence-corrected chi connectivity index (χ3v) is 14.5. The van der Waals surface area contributed by atoms with Gasteiger partial charge in [-0.25, -0.2) is 0 Å². The molecule has 0 aromatic carbocycles. The molecule has 0 amide bonds. The molecule has 1 atom stereocenters. The molecule has 0 spiro atoms. The molecule has 0 fully saturated rings. The Kier molecular flexibility index (Phi) is 63.7. The lowest BCUT2D eigenvalue weighted by Crippen LogP contribution is -2.30. The summed E-state index contributed by atoms with van der Waals surface area (Å²) < 4.78 is 16.9. The van der Waals surface area contributed by atoms with E-state index in [-0.39, 0.29) is 31.1 Å². The van der Waals surface area contributed by atoms with Crippen molar-refractivity contribution in [3.8, 4) is 0 Å². The van der Waals surface area contributed by atoms with Crippen molar-refractivity contribution in [2.45, 2.75) is 335 Å². The molecule has 0 aliphatic heterocycles. The van der Waals surface area contributed by atoms with E-state index in [0.29, 0.717) is 19.3 Å². The third kappa shape index (κ3) is 65.0. The fourth-order valence-electron chi connectivity index (χ4n) is 9.50. The molecule has 0 saturated heterocycles. The van der Waals surface area contributed by atoms with Crippen LogP contribution in [0.15, 0.2) is 97.2 Å². The minimum absolute atomic E-state index is 0.0827. The molecule has 79 heavy (non-hydrogen) atoms. The summed E-state index contributed by atoms with van der Waals surface area (Å²) in [7, 11) is 0. The summed E-state index contributed by atoms with van der Waals surface area (Å²) in [5, 5.41) is 0. The zero-order valence-electron chi connectivity index (χ0n) is 52.1. The molecule has 0 saturated carbocycles. The summed E-state index contributed by atoms with van der Waals surface area (Å²) in [6, 6.07) is 0. The maximum atomic E-state index is 12.9. The zero-order valence-corrected chi connectivity index (χ0v) is 52.1. The van der Waals surface area contributed by atoms with Gasteiger partial charge in [0.25, 0.3) is 0 Å². The molecule has 454 valence electrons. The Labute approximate surface area is 489 Å². The molecule has 0 aliphatic carbocycles. The second kappa shape index (κ2) is 66.8. The van der Waals surface area contributed by atoms with Gasteiger partial charge in [0.2, 0.25) is 0 Å². The van der Waals surface area contributed by atoms with Gasteiger partial charge >= 0.3 is 17.9 Å². The molecule has 6 heteroatoms. The normalized spacial score (nSPS) is 12.7. The van der Waals surface area contributed by atoms with E-state index in [1.807, 2.05) is 0 Å². The fraction of sp³-hybridized carbons (Fsp3) is 0.740. The van der Waals surface area contributed by atoms with E-state index in [0.717, 1.165) is 122 Å². The van der Waals surface area contributed by atoms with Crippen molar-refractivity contribution >= 4 is 17.9 Å². The van der Waals surface area contributed by atoms with Crippen LogP contribution < -0.4 is 0 Å². The van der Waals surface area contributed by atoms with Crippen LogP contribution in [-0.2, 0) is 28.6 Å². The second-order valence-electron chi connectivity index (χ2n) is 22.3. The number of ether oxygens (including phenoxy) is 3. The van der Waals surface area contributed by atoms with Crippen molar-refractivity contribution in [1.82, 2.24) is 0 Å². The van der Waals surface area contributed by atoms with Gasteiger partial charge < -0.3 is 14.2 Å². The third-order valence-electron chi connectivity index (χ3n) is 14.5. The lowest BCUT2D eigenvalue weighted by Gasteiger charge is -2.18. The Morgan fingerprint density at radius 2 is 0.494 bits per heavy atom. The highest BCUT2D eigenvalue weighted by Crippen LogP contribution is 2.17. The van der Waals surface area contributed by atoms with Crippen LogP contribution in [0.4, 0.5) is 0 Å². The Balaban J connectivity index is 4.16. The summed E-state index contributed by atoms with van der Waals surface area (Å²) in [6.45, 7) is 6.49. The number of hydrogen-bond acceptors (Lipinski definition) is 6. The molecule has 0 heterocycles. The van der Waals surface area contributed by atoms with Crippen LogP contribution in [0.1, 0.15) is 329 Å². The molecule has 0 aromatic heterocycles. The largest absolute Gasteiger partial charge is 0.462 e. The lowest BCUT2D eigenvalue weighted by atomic mass is 10.0. The summed E-state index contributed by atoms with van der Waals surface area (Å²) >= 11 is 0. The van der Waals surface area contributed by atoms with E-state index in [9.17, 15) is 14.4 Å². The highest BCUT2D eigenvalue weighted by Gasteiger charge is 2.19. The van der Waals surface area contributed by atoms with Gasteiger partial charge in [-0.3, -0.25) is 14.4 Å². The summed E-state index contributed by atoms with van der Waals surface area (Å²) in [4.78, 5) is 38.3. The molecular weight excluding hydrogens is 973 g/mol. The average Bonchev–Trinajstić information content (AvgIpc) is 3.45. The van der Waals surface area contributed by atoms with Gasteiger partial charge in [-0.2, -0.15) is 0 Å². The van der Waals surface area contributed by atoms with Crippen LogP contribution in [-0.4, -0.2) is 37.2 Å². The van der Waals surface area contributed by atoms with E-state index in [4.69, 9.17) is 14.2 Å². The number of hydrogen-bond donors (Lipinski definition) is 0. The maximum absolute atomic E-state index is 12.9. The topological polar surface area (TPSA) is 78.9 Å². The van der Waals surface area contributed by atoms with Gasteiger partial charge in [0.15, 0.2) is 6.10 Å². The molecule has 0 rings (SSSR count). The molecule has 1 unspecified atom stereocenters. The number of carbonyl (C=O) groups excluding carboxylic acids is 3. The van der Waals surface area contributed by atoms with Crippen molar-refractivity contribution in [1.29, 1.82) is 0 Å². The van der Waals surface area contributed by atoms with E-state index in [2.05, 4.69) is 118 Å². The minimum atomic E-state index is -0.787. The van der Waals surface area contributed by atoms with Gasteiger partial charge in [0, 0.05) is 19.3 Å². The van der Waals surface area contributed by atoms with E-state index in [1.165, 1.54) is 167 Å². The number of allylic oxidation sites excluding steroid dienone is 16. The van der Waals surface area contributed by atoms with Crippen molar-refractivity contribution < 1.29 is 28.6 Å². The van der Waals surface area contributed by atoms with E-state index < -0.39 is 6.10 Å². The van der Waals surface area contributed by atoms with Crippen molar-refractivity contribution in [3.63, 3.8) is 0 Å².